The molecule has 1 aromatic carbocycles. The molecule has 4 heterocycles. The summed E-state index contributed by atoms with van der Waals surface area (Å²) < 4.78 is 15.6. The number of likely N-dealkylation sites (tertiary alicyclic amines) is 2. The molecule has 0 saturated carbocycles. The molecule has 8 nitrogen and oxygen atoms in total. The Morgan fingerprint density at radius 2 is 2.17 bits per heavy atom. The van der Waals surface area contributed by atoms with Crippen LogP contribution in [0.15, 0.2) is 60.5 Å². The van der Waals surface area contributed by atoms with Crippen molar-refractivity contribution in [3.05, 3.63) is 78.0 Å². The van der Waals surface area contributed by atoms with E-state index in [1.54, 1.807) is 12.1 Å². The number of rotatable bonds is 9. The smallest absolute Gasteiger partial charge is 0.254 e. The highest BCUT2D eigenvalue weighted by atomic mass is 19.1. The SMILES string of the molecule is C=C(c1cnn(C2(CC#N)CN(C3CCN(C(=O)c4cccc(F)c4)C(C)C3)C2)c1)c1cc[nH]c1N=CC(C)CC. The number of aromatic amines is 1. The van der Waals surface area contributed by atoms with Crippen LogP contribution < -0.4 is 0 Å². The van der Waals surface area contributed by atoms with Crippen LogP contribution in [0.25, 0.3) is 5.57 Å². The van der Waals surface area contributed by atoms with Crippen LogP contribution >= 0.6 is 0 Å². The largest absolute Gasteiger partial charge is 0.346 e. The molecule has 0 radical (unpaired) electrons. The molecule has 2 aromatic heterocycles. The van der Waals surface area contributed by atoms with Crippen LogP contribution in [0.4, 0.5) is 10.2 Å². The van der Waals surface area contributed by atoms with E-state index in [9.17, 15) is 14.4 Å². The maximum absolute atomic E-state index is 13.7. The molecule has 2 aliphatic heterocycles. The molecule has 0 spiro atoms. The van der Waals surface area contributed by atoms with Crippen molar-refractivity contribution in [2.24, 2.45) is 10.9 Å². The van der Waals surface area contributed by atoms with E-state index < -0.39 is 11.4 Å². The lowest BCUT2D eigenvalue weighted by atomic mass is 9.83. The van der Waals surface area contributed by atoms with Crippen molar-refractivity contribution >= 4 is 23.5 Å². The van der Waals surface area contributed by atoms with E-state index in [1.165, 1.54) is 12.1 Å². The van der Waals surface area contributed by atoms with E-state index in [-0.39, 0.29) is 11.9 Å². The molecule has 2 fully saturated rings. The molecule has 2 aliphatic rings. The molecule has 0 aliphatic carbocycles. The number of amides is 1. The van der Waals surface area contributed by atoms with Gasteiger partial charge in [0.1, 0.15) is 17.2 Å². The van der Waals surface area contributed by atoms with Gasteiger partial charge in [0, 0.05) is 67.0 Å². The van der Waals surface area contributed by atoms with Gasteiger partial charge in [-0.3, -0.25) is 14.4 Å². The second-order valence-corrected chi connectivity index (χ2v) is 11.6. The minimum absolute atomic E-state index is 0.0358. The fraction of sp³-hybridized carbons (Fsp3) is 0.438. The van der Waals surface area contributed by atoms with Crippen molar-refractivity contribution in [2.45, 2.75) is 64.1 Å². The Hall–Kier alpha value is -4.03. The molecule has 3 atom stereocenters. The van der Waals surface area contributed by atoms with E-state index in [0.717, 1.165) is 54.9 Å². The van der Waals surface area contributed by atoms with Crippen molar-refractivity contribution in [3.8, 4) is 6.07 Å². The minimum atomic E-state index is -0.402. The van der Waals surface area contributed by atoms with Gasteiger partial charge in [0.25, 0.3) is 5.91 Å². The van der Waals surface area contributed by atoms with Crippen molar-refractivity contribution in [2.75, 3.05) is 19.6 Å². The second kappa shape index (κ2) is 11.8. The van der Waals surface area contributed by atoms with Gasteiger partial charge in [-0.15, -0.1) is 0 Å². The average Bonchev–Trinajstić information content (AvgIpc) is 3.63. The van der Waals surface area contributed by atoms with E-state index in [4.69, 9.17) is 5.10 Å². The third kappa shape index (κ3) is 5.75. The number of piperidine rings is 1. The van der Waals surface area contributed by atoms with Crippen LogP contribution in [-0.2, 0) is 5.54 Å². The number of carbonyl (C=O) groups excluding carboxylic acids is 1. The topological polar surface area (TPSA) is 93.3 Å². The monoisotopic (exact) mass is 555 g/mol. The normalized spacial score (nSPS) is 21.4. The molecular formula is C32H38FN7O. The first-order valence-corrected chi connectivity index (χ1v) is 14.4. The van der Waals surface area contributed by atoms with Crippen LogP contribution in [0, 0.1) is 23.1 Å². The van der Waals surface area contributed by atoms with Gasteiger partial charge in [0.05, 0.1) is 18.7 Å². The predicted octanol–water partition coefficient (Wildman–Crippen LogP) is 5.78. The lowest BCUT2D eigenvalue weighted by Crippen LogP contribution is -2.67. The van der Waals surface area contributed by atoms with Crippen LogP contribution in [-0.4, -0.2) is 68.4 Å². The van der Waals surface area contributed by atoms with Crippen molar-refractivity contribution < 1.29 is 9.18 Å². The molecule has 1 N–H and O–H groups in total. The molecular weight excluding hydrogens is 517 g/mol. The summed E-state index contributed by atoms with van der Waals surface area (Å²) >= 11 is 0. The number of hydrogen-bond acceptors (Lipinski definition) is 5. The quantitative estimate of drug-likeness (QED) is 0.339. The molecule has 3 aromatic rings. The van der Waals surface area contributed by atoms with Crippen molar-refractivity contribution in [1.29, 1.82) is 5.26 Å². The number of benzene rings is 1. The lowest BCUT2D eigenvalue weighted by molar-refractivity contribution is -0.0480. The Morgan fingerprint density at radius 1 is 1.37 bits per heavy atom. The average molecular weight is 556 g/mol. The number of H-pyrrole nitrogens is 1. The van der Waals surface area contributed by atoms with Crippen molar-refractivity contribution in [3.63, 3.8) is 0 Å². The summed E-state index contributed by atoms with van der Waals surface area (Å²) in [5.74, 6) is 0.639. The number of aromatic nitrogens is 3. The molecule has 2 saturated heterocycles. The van der Waals surface area contributed by atoms with E-state index in [0.29, 0.717) is 30.5 Å². The molecule has 214 valence electrons. The highest BCUT2D eigenvalue weighted by Crippen LogP contribution is 2.38. The summed E-state index contributed by atoms with van der Waals surface area (Å²) in [5.41, 5.74) is 2.65. The van der Waals surface area contributed by atoms with Gasteiger partial charge in [0.2, 0.25) is 0 Å². The fourth-order valence-electron chi connectivity index (χ4n) is 5.93. The van der Waals surface area contributed by atoms with Gasteiger partial charge in [-0.05, 0) is 61.9 Å². The summed E-state index contributed by atoms with van der Waals surface area (Å²) in [7, 11) is 0. The summed E-state index contributed by atoms with van der Waals surface area (Å²) in [6.07, 6.45) is 10.7. The molecule has 41 heavy (non-hydrogen) atoms. The summed E-state index contributed by atoms with van der Waals surface area (Å²) in [5, 5.41) is 14.4. The Morgan fingerprint density at radius 3 is 2.88 bits per heavy atom. The first-order valence-electron chi connectivity index (χ1n) is 14.4. The number of aliphatic imine (C=N–C) groups is 1. The minimum Gasteiger partial charge on any atom is -0.346 e. The first-order chi connectivity index (χ1) is 19.7. The molecule has 1 amide bonds. The zero-order valence-electron chi connectivity index (χ0n) is 24.1. The summed E-state index contributed by atoms with van der Waals surface area (Å²) in [6.45, 7) is 12.7. The van der Waals surface area contributed by atoms with Gasteiger partial charge < -0.3 is 9.88 Å². The second-order valence-electron chi connectivity index (χ2n) is 11.6. The maximum atomic E-state index is 13.7. The van der Waals surface area contributed by atoms with Gasteiger partial charge in [-0.1, -0.05) is 26.5 Å². The number of hydrogen-bond donors (Lipinski definition) is 1. The van der Waals surface area contributed by atoms with Gasteiger partial charge in [-0.2, -0.15) is 10.4 Å². The van der Waals surface area contributed by atoms with Crippen LogP contribution in [0.5, 0.6) is 0 Å². The van der Waals surface area contributed by atoms with Crippen molar-refractivity contribution in [1.82, 2.24) is 24.6 Å². The maximum Gasteiger partial charge on any atom is 0.254 e. The van der Waals surface area contributed by atoms with Gasteiger partial charge in [-0.25, -0.2) is 9.38 Å². The number of halogens is 1. The van der Waals surface area contributed by atoms with Crippen LogP contribution in [0.2, 0.25) is 0 Å². The van der Waals surface area contributed by atoms with E-state index >= 15 is 0 Å². The molecule has 5 rings (SSSR count). The number of nitrogens with zero attached hydrogens (tertiary/aromatic N) is 6. The standard InChI is InChI=1S/C32H38FN7O/c1-5-22(2)17-36-30-29(9-13-35-30)24(4)26-18-37-40(19-26)32(11-12-34)20-38(21-32)28-10-14-39(23(3)15-28)31(41)25-7-6-8-27(33)16-25/h6-9,13,16-19,22-23,28,35H,4-5,10-11,14-15,20-21H2,1-3H3. The van der Waals surface area contributed by atoms with Crippen LogP contribution in [0.1, 0.15) is 67.9 Å². The molecule has 0 bridgehead atoms. The number of nitrogens with one attached hydrogen (secondary N) is 1. The van der Waals surface area contributed by atoms with Crippen LogP contribution in [0.3, 0.4) is 0 Å². The number of nitriles is 1. The van der Waals surface area contributed by atoms with Gasteiger partial charge in [0.15, 0.2) is 0 Å². The zero-order chi connectivity index (χ0) is 29.1. The fourth-order valence-corrected chi connectivity index (χ4v) is 5.93. The predicted molar refractivity (Wildman–Crippen MR) is 158 cm³/mol. The van der Waals surface area contributed by atoms with Gasteiger partial charge >= 0.3 is 0 Å². The molecule has 3 unspecified atom stereocenters. The third-order valence-electron chi connectivity index (χ3n) is 8.67. The Balaban J connectivity index is 1.24. The lowest BCUT2D eigenvalue weighted by Gasteiger charge is -2.54. The Bertz CT molecular complexity index is 1470. The summed E-state index contributed by atoms with van der Waals surface area (Å²) in [4.78, 5) is 25.1. The molecule has 9 heteroatoms. The highest BCUT2D eigenvalue weighted by molar-refractivity contribution is 5.94. The summed E-state index contributed by atoms with van der Waals surface area (Å²) in [6, 6.07) is 10.6. The van der Waals surface area contributed by atoms with E-state index in [1.807, 2.05) is 40.5 Å². The Labute approximate surface area is 241 Å². The Kier molecular flexibility index (Phi) is 8.22. The highest BCUT2D eigenvalue weighted by Gasteiger charge is 2.49. The first kappa shape index (κ1) is 28.5. The van der Waals surface area contributed by atoms with E-state index in [2.05, 4.69) is 48.3 Å². The third-order valence-corrected chi connectivity index (χ3v) is 8.67. The number of carbonyl (C=O) groups is 1. The zero-order valence-corrected chi connectivity index (χ0v) is 24.1.